The van der Waals surface area contributed by atoms with Crippen LogP contribution in [0.1, 0.15) is 56.7 Å². The van der Waals surface area contributed by atoms with Crippen LogP contribution in [0.4, 0.5) is 5.69 Å². The lowest BCUT2D eigenvalue weighted by Gasteiger charge is -2.18. The average molecular weight is 260 g/mol. The second kappa shape index (κ2) is 6.20. The molecule has 0 saturated heterocycles. The van der Waals surface area contributed by atoms with Gasteiger partial charge in [-0.2, -0.15) is 0 Å². The Labute approximate surface area is 115 Å². The summed E-state index contributed by atoms with van der Waals surface area (Å²) in [5.41, 5.74) is 3.24. The van der Waals surface area contributed by atoms with Gasteiger partial charge < -0.3 is 5.32 Å². The SMILES string of the molecule is CCCCCC(C)NC1C(=O)Nc2ccc(C)cc21. The van der Waals surface area contributed by atoms with Crippen molar-refractivity contribution in [3.63, 3.8) is 0 Å². The first-order valence-corrected chi connectivity index (χ1v) is 7.29. The minimum absolute atomic E-state index is 0.0722. The molecule has 19 heavy (non-hydrogen) atoms. The number of unbranched alkanes of at least 4 members (excludes halogenated alkanes) is 2. The van der Waals surface area contributed by atoms with Crippen molar-refractivity contribution < 1.29 is 4.79 Å². The zero-order valence-electron chi connectivity index (χ0n) is 12.1. The highest BCUT2D eigenvalue weighted by molar-refractivity contribution is 6.02. The number of hydrogen-bond acceptors (Lipinski definition) is 2. The van der Waals surface area contributed by atoms with E-state index in [-0.39, 0.29) is 11.9 Å². The Hall–Kier alpha value is -1.35. The minimum atomic E-state index is -0.188. The fourth-order valence-electron chi connectivity index (χ4n) is 2.61. The molecule has 2 rings (SSSR count). The molecular formula is C16H24N2O. The quantitative estimate of drug-likeness (QED) is 0.768. The van der Waals surface area contributed by atoms with E-state index in [0.29, 0.717) is 6.04 Å². The predicted octanol–water partition coefficient (Wildman–Crippen LogP) is 3.55. The Morgan fingerprint density at radius 2 is 2.16 bits per heavy atom. The van der Waals surface area contributed by atoms with Gasteiger partial charge in [-0.25, -0.2) is 0 Å². The Kier molecular flexibility index (Phi) is 4.59. The van der Waals surface area contributed by atoms with Gasteiger partial charge in [0.05, 0.1) is 0 Å². The molecule has 1 aromatic carbocycles. The number of rotatable bonds is 6. The van der Waals surface area contributed by atoms with Crippen molar-refractivity contribution in [3.05, 3.63) is 29.3 Å². The molecule has 0 radical (unpaired) electrons. The summed E-state index contributed by atoms with van der Waals surface area (Å²) in [5, 5.41) is 6.40. The van der Waals surface area contributed by atoms with Crippen LogP contribution in [-0.2, 0) is 4.79 Å². The van der Waals surface area contributed by atoms with Crippen LogP contribution in [0.5, 0.6) is 0 Å². The summed E-state index contributed by atoms with van der Waals surface area (Å²) in [6, 6.07) is 6.31. The number of aryl methyl sites for hydroxylation is 1. The maximum atomic E-state index is 12.0. The number of amides is 1. The molecule has 0 spiro atoms. The summed E-state index contributed by atoms with van der Waals surface area (Å²) in [7, 11) is 0. The summed E-state index contributed by atoms with van der Waals surface area (Å²) in [6.45, 7) is 6.43. The van der Waals surface area contributed by atoms with Crippen LogP contribution in [0.3, 0.4) is 0 Å². The largest absolute Gasteiger partial charge is 0.324 e. The summed E-state index contributed by atoms with van der Waals surface area (Å²) >= 11 is 0. The molecule has 0 bridgehead atoms. The molecule has 1 aromatic rings. The maximum Gasteiger partial charge on any atom is 0.246 e. The number of benzene rings is 1. The van der Waals surface area contributed by atoms with Gasteiger partial charge in [0.25, 0.3) is 0 Å². The van der Waals surface area contributed by atoms with Gasteiger partial charge in [0, 0.05) is 17.3 Å². The number of anilines is 1. The van der Waals surface area contributed by atoms with Gasteiger partial charge in [-0.15, -0.1) is 0 Å². The summed E-state index contributed by atoms with van der Waals surface area (Å²) < 4.78 is 0. The fourth-order valence-corrected chi connectivity index (χ4v) is 2.61. The molecule has 3 heteroatoms. The lowest BCUT2D eigenvalue weighted by molar-refractivity contribution is -0.117. The van der Waals surface area contributed by atoms with Crippen LogP contribution in [0.25, 0.3) is 0 Å². The monoisotopic (exact) mass is 260 g/mol. The third kappa shape index (κ3) is 3.35. The molecule has 1 aliphatic rings. The number of nitrogens with one attached hydrogen (secondary N) is 2. The van der Waals surface area contributed by atoms with Crippen molar-refractivity contribution in [2.24, 2.45) is 0 Å². The van der Waals surface area contributed by atoms with Crippen molar-refractivity contribution in [1.29, 1.82) is 0 Å². The van der Waals surface area contributed by atoms with E-state index in [9.17, 15) is 4.79 Å². The third-order valence-electron chi connectivity index (χ3n) is 3.73. The predicted molar refractivity (Wildman–Crippen MR) is 79.3 cm³/mol. The van der Waals surface area contributed by atoms with Crippen LogP contribution >= 0.6 is 0 Å². The molecule has 2 atom stereocenters. The van der Waals surface area contributed by atoms with Crippen molar-refractivity contribution in [1.82, 2.24) is 5.32 Å². The first kappa shape index (κ1) is 14.1. The van der Waals surface area contributed by atoms with E-state index in [1.165, 1.54) is 24.8 Å². The van der Waals surface area contributed by atoms with Crippen molar-refractivity contribution >= 4 is 11.6 Å². The molecule has 104 valence electrons. The molecule has 0 saturated carbocycles. The van der Waals surface area contributed by atoms with Gasteiger partial charge in [0.2, 0.25) is 5.91 Å². The fraction of sp³-hybridized carbons (Fsp3) is 0.562. The minimum Gasteiger partial charge on any atom is -0.324 e. The lowest BCUT2D eigenvalue weighted by atomic mass is 10.0. The van der Waals surface area contributed by atoms with E-state index in [1.807, 2.05) is 12.1 Å². The van der Waals surface area contributed by atoms with Crippen molar-refractivity contribution in [2.75, 3.05) is 5.32 Å². The zero-order valence-corrected chi connectivity index (χ0v) is 12.1. The Morgan fingerprint density at radius 3 is 2.89 bits per heavy atom. The Balaban J connectivity index is 2.01. The number of fused-ring (bicyclic) bond motifs is 1. The molecule has 1 aliphatic heterocycles. The normalized spacial score (nSPS) is 19.1. The van der Waals surface area contributed by atoms with E-state index < -0.39 is 0 Å². The van der Waals surface area contributed by atoms with Crippen LogP contribution < -0.4 is 10.6 Å². The van der Waals surface area contributed by atoms with E-state index in [4.69, 9.17) is 0 Å². The van der Waals surface area contributed by atoms with Crippen molar-refractivity contribution in [3.8, 4) is 0 Å². The highest BCUT2D eigenvalue weighted by atomic mass is 16.2. The zero-order chi connectivity index (χ0) is 13.8. The van der Waals surface area contributed by atoms with Crippen LogP contribution in [0, 0.1) is 6.92 Å². The standard InChI is InChI=1S/C16H24N2O/c1-4-5-6-7-12(3)17-15-13-10-11(2)8-9-14(13)18-16(15)19/h8-10,12,15,17H,4-7H2,1-3H3,(H,18,19). The third-order valence-corrected chi connectivity index (χ3v) is 3.73. The van der Waals surface area contributed by atoms with E-state index in [2.05, 4.69) is 37.5 Å². The average Bonchev–Trinajstić information content (AvgIpc) is 2.66. The second-order valence-electron chi connectivity index (χ2n) is 5.58. The van der Waals surface area contributed by atoms with Gasteiger partial charge in [-0.3, -0.25) is 10.1 Å². The van der Waals surface area contributed by atoms with Gasteiger partial charge >= 0.3 is 0 Å². The van der Waals surface area contributed by atoms with Crippen LogP contribution in [-0.4, -0.2) is 11.9 Å². The summed E-state index contributed by atoms with van der Waals surface area (Å²) in [5.74, 6) is 0.0722. The molecule has 0 aromatic heterocycles. The molecular weight excluding hydrogens is 236 g/mol. The van der Waals surface area contributed by atoms with Crippen LogP contribution in [0.2, 0.25) is 0 Å². The smallest absolute Gasteiger partial charge is 0.246 e. The highest BCUT2D eigenvalue weighted by Gasteiger charge is 2.31. The first-order chi connectivity index (χ1) is 9.11. The maximum absolute atomic E-state index is 12.0. The number of hydrogen-bond donors (Lipinski definition) is 2. The molecule has 3 nitrogen and oxygen atoms in total. The van der Waals surface area contributed by atoms with E-state index >= 15 is 0 Å². The van der Waals surface area contributed by atoms with Gasteiger partial charge in [-0.1, -0.05) is 43.9 Å². The molecule has 2 N–H and O–H groups in total. The van der Waals surface area contributed by atoms with Gasteiger partial charge in [0.1, 0.15) is 6.04 Å². The molecule has 1 heterocycles. The molecule has 0 fully saturated rings. The van der Waals surface area contributed by atoms with Gasteiger partial charge in [-0.05, 0) is 26.3 Å². The summed E-state index contributed by atoms with van der Waals surface area (Å²) in [6.07, 6.45) is 4.84. The summed E-state index contributed by atoms with van der Waals surface area (Å²) in [4.78, 5) is 12.0. The van der Waals surface area contributed by atoms with Gasteiger partial charge in [0.15, 0.2) is 0 Å². The highest BCUT2D eigenvalue weighted by Crippen LogP contribution is 2.31. The van der Waals surface area contributed by atoms with E-state index in [1.54, 1.807) is 0 Å². The molecule has 1 amide bonds. The van der Waals surface area contributed by atoms with Crippen molar-refractivity contribution in [2.45, 2.75) is 58.5 Å². The topological polar surface area (TPSA) is 41.1 Å². The second-order valence-corrected chi connectivity index (χ2v) is 5.58. The number of carbonyl (C=O) groups is 1. The Bertz CT molecular complexity index is 456. The molecule has 0 aliphatic carbocycles. The molecule has 2 unspecified atom stereocenters. The van der Waals surface area contributed by atoms with E-state index in [0.717, 1.165) is 17.7 Å². The first-order valence-electron chi connectivity index (χ1n) is 7.29. The van der Waals surface area contributed by atoms with Crippen LogP contribution in [0.15, 0.2) is 18.2 Å². The Morgan fingerprint density at radius 1 is 1.37 bits per heavy atom. The lowest BCUT2D eigenvalue weighted by Crippen LogP contribution is -2.34. The number of carbonyl (C=O) groups excluding carboxylic acids is 1.